The van der Waals surface area contributed by atoms with Crippen LogP contribution in [0.25, 0.3) is 6.08 Å². The van der Waals surface area contributed by atoms with Crippen molar-refractivity contribution >= 4 is 6.08 Å². The molecule has 1 aromatic carbocycles. The van der Waals surface area contributed by atoms with Gasteiger partial charge in [0.15, 0.2) is 0 Å². The van der Waals surface area contributed by atoms with Gasteiger partial charge in [0.25, 0.3) is 0 Å². The van der Waals surface area contributed by atoms with Crippen LogP contribution in [0.15, 0.2) is 36.6 Å². The molecule has 1 rings (SSSR count). The molecule has 0 saturated carbocycles. The maximum Gasteiger partial charge on any atom is 0.0873 e. The molecule has 0 atom stereocenters. The van der Waals surface area contributed by atoms with Gasteiger partial charge < -0.3 is 9.47 Å². The maximum atomic E-state index is 5.43. The normalized spacial score (nSPS) is 10.9. The summed E-state index contributed by atoms with van der Waals surface area (Å²) in [5.74, 6) is 0. The number of ether oxygens (including phenoxy) is 2. The molecule has 0 spiro atoms. The molecule has 0 aliphatic rings. The Labute approximate surface area is 104 Å². The molecule has 1 aromatic rings. The van der Waals surface area contributed by atoms with Gasteiger partial charge in [-0.2, -0.15) is 0 Å². The van der Waals surface area contributed by atoms with Gasteiger partial charge in [0.1, 0.15) is 0 Å². The van der Waals surface area contributed by atoms with Crippen molar-refractivity contribution < 1.29 is 9.47 Å². The van der Waals surface area contributed by atoms with Crippen LogP contribution in [0.1, 0.15) is 31.2 Å². The van der Waals surface area contributed by atoms with Gasteiger partial charge in [-0.1, -0.05) is 36.8 Å². The van der Waals surface area contributed by atoms with Gasteiger partial charge in [-0.3, -0.25) is 0 Å². The molecule has 0 aliphatic heterocycles. The average Bonchev–Trinajstić information content (AvgIpc) is 2.38. The zero-order valence-electron chi connectivity index (χ0n) is 10.6. The summed E-state index contributed by atoms with van der Waals surface area (Å²) in [6.45, 7) is 1.67. The standard InChI is InChI=1S/C15H22O2/c1-16-12-7-2-3-8-13-17-14-11-15-9-5-4-6-10-15/h4-6,9-11,14H,2-3,7-8,12-13H2,1H3. The Hall–Kier alpha value is -1.28. The predicted molar refractivity (Wildman–Crippen MR) is 71.8 cm³/mol. The molecule has 0 amide bonds. The Morgan fingerprint density at radius 3 is 2.35 bits per heavy atom. The quantitative estimate of drug-likeness (QED) is 0.477. The van der Waals surface area contributed by atoms with Crippen LogP contribution >= 0.6 is 0 Å². The van der Waals surface area contributed by atoms with Gasteiger partial charge in [0, 0.05) is 13.7 Å². The van der Waals surface area contributed by atoms with Gasteiger partial charge >= 0.3 is 0 Å². The minimum Gasteiger partial charge on any atom is -0.501 e. The van der Waals surface area contributed by atoms with E-state index in [1.54, 1.807) is 13.4 Å². The van der Waals surface area contributed by atoms with E-state index in [1.807, 2.05) is 24.3 Å². The van der Waals surface area contributed by atoms with Crippen LogP contribution in [0.5, 0.6) is 0 Å². The lowest BCUT2D eigenvalue weighted by molar-refractivity contribution is 0.189. The molecule has 2 nitrogen and oxygen atoms in total. The highest BCUT2D eigenvalue weighted by Gasteiger charge is 1.89. The summed E-state index contributed by atoms with van der Waals surface area (Å²) in [4.78, 5) is 0. The molecule has 0 radical (unpaired) electrons. The number of benzene rings is 1. The fourth-order valence-electron chi connectivity index (χ4n) is 1.54. The van der Waals surface area contributed by atoms with Gasteiger partial charge in [-0.05, 0) is 30.9 Å². The van der Waals surface area contributed by atoms with Gasteiger partial charge in [-0.15, -0.1) is 0 Å². The van der Waals surface area contributed by atoms with Crippen LogP contribution in [-0.2, 0) is 9.47 Å². The molecule has 94 valence electrons. The first-order valence-electron chi connectivity index (χ1n) is 6.25. The second-order valence-electron chi connectivity index (χ2n) is 3.99. The zero-order valence-corrected chi connectivity index (χ0v) is 10.6. The van der Waals surface area contributed by atoms with Crippen LogP contribution < -0.4 is 0 Å². The summed E-state index contributed by atoms with van der Waals surface area (Å²) in [5, 5.41) is 0. The van der Waals surface area contributed by atoms with Gasteiger partial charge in [0.2, 0.25) is 0 Å². The maximum absolute atomic E-state index is 5.43. The van der Waals surface area contributed by atoms with Gasteiger partial charge in [-0.25, -0.2) is 0 Å². The minimum atomic E-state index is 0.802. The molecule has 0 fully saturated rings. The van der Waals surface area contributed by atoms with E-state index >= 15 is 0 Å². The molecule has 0 bridgehead atoms. The lowest BCUT2D eigenvalue weighted by Crippen LogP contribution is -1.91. The van der Waals surface area contributed by atoms with Crippen LogP contribution in [0.2, 0.25) is 0 Å². The monoisotopic (exact) mass is 234 g/mol. The van der Waals surface area contributed by atoms with E-state index in [0.717, 1.165) is 26.1 Å². The van der Waals surface area contributed by atoms with Crippen LogP contribution in [0.4, 0.5) is 0 Å². The SMILES string of the molecule is COCCCCCCOC=Cc1ccccc1. The number of hydrogen-bond donors (Lipinski definition) is 0. The van der Waals surface area contributed by atoms with E-state index in [9.17, 15) is 0 Å². The molecule has 0 unspecified atom stereocenters. The Kier molecular flexibility index (Phi) is 8.04. The predicted octanol–water partition coefficient (Wildman–Crippen LogP) is 3.88. The molecule has 0 aliphatic carbocycles. The van der Waals surface area contributed by atoms with Crippen LogP contribution in [-0.4, -0.2) is 20.3 Å². The first-order valence-corrected chi connectivity index (χ1v) is 6.25. The summed E-state index contributed by atoms with van der Waals surface area (Å²) in [5.41, 5.74) is 1.17. The molecule has 0 saturated heterocycles. The Bertz CT molecular complexity index is 293. The summed E-state index contributed by atoms with van der Waals surface area (Å²) in [6.07, 6.45) is 8.47. The van der Waals surface area contributed by atoms with E-state index in [0.29, 0.717) is 0 Å². The van der Waals surface area contributed by atoms with Crippen LogP contribution in [0.3, 0.4) is 0 Å². The topological polar surface area (TPSA) is 18.5 Å². The van der Waals surface area contributed by atoms with Crippen molar-refractivity contribution in [1.82, 2.24) is 0 Å². The third-order valence-corrected chi connectivity index (χ3v) is 2.52. The van der Waals surface area contributed by atoms with E-state index in [1.165, 1.54) is 18.4 Å². The third-order valence-electron chi connectivity index (χ3n) is 2.52. The number of hydrogen-bond acceptors (Lipinski definition) is 2. The highest BCUT2D eigenvalue weighted by molar-refractivity contribution is 5.47. The fourth-order valence-corrected chi connectivity index (χ4v) is 1.54. The Morgan fingerprint density at radius 1 is 0.941 bits per heavy atom. The average molecular weight is 234 g/mol. The van der Waals surface area contributed by atoms with Crippen molar-refractivity contribution in [1.29, 1.82) is 0 Å². The fraction of sp³-hybridized carbons (Fsp3) is 0.467. The van der Waals surface area contributed by atoms with E-state index in [4.69, 9.17) is 9.47 Å². The highest BCUT2D eigenvalue weighted by Crippen LogP contribution is 2.03. The van der Waals surface area contributed by atoms with Crippen molar-refractivity contribution in [3.63, 3.8) is 0 Å². The van der Waals surface area contributed by atoms with Crippen molar-refractivity contribution in [2.45, 2.75) is 25.7 Å². The lowest BCUT2D eigenvalue weighted by atomic mass is 10.2. The number of rotatable bonds is 9. The van der Waals surface area contributed by atoms with E-state index in [-0.39, 0.29) is 0 Å². The van der Waals surface area contributed by atoms with Crippen LogP contribution in [0, 0.1) is 0 Å². The summed E-state index contributed by atoms with van der Waals surface area (Å²) < 4.78 is 10.4. The van der Waals surface area contributed by atoms with E-state index < -0.39 is 0 Å². The van der Waals surface area contributed by atoms with Crippen molar-refractivity contribution in [3.05, 3.63) is 42.2 Å². The zero-order chi connectivity index (χ0) is 12.2. The Balaban J connectivity index is 1.95. The molecule has 0 heterocycles. The largest absolute Gasteiger partial charge is 0.501 e. The molecular formula is C15H22O2. The highest BCUT2D eigenvalue weighted by atomic mass is 16.5. The van der Waals surface area contributed by atoms with Crippen molar-refractivity contribution in [3.8, 4) is 0 Å². The van der Waals surface area contributed by atoms with Gasteiger partial charge in [0.05, 0.1) is 12.9 Å². The molecule has 0 N–H and O–H groups in total. The van der Waals surface area contributed by atoms with Crippen molar-refractivity contribution in [2.75, 3.05) is 20.3 Å². The first-order chi connectivity index (χ1) is 8.43. The first kappa shape index (κ1) is 13.8. The number of methoxy groups -OCH3 is 1. The molecular weight excluding hydrogens is 212 g/mol. The number of unbranched alkanes of at least 4 members (excludes halogenated alkanes) is 3. The van der Waals surface area contributed by atoms with Crippen molar-refractivity contribution in [2.24, 2.45) is 0 Å². The smallest absolute Gasteiger partial charge is 0.0873 e. The van der Waals surface area contributed by atoms with E-state index in [2.05, 4.69) is 12.1 Å². The molecule has 0 aromatic heterocycles. The minimum absolute atomic E-state index is 0.802. The Morgan fingerprint density at radius 2 is 1.65 bits per heavy atom. The summed E-state index contributed by atoms with van der Waals surface area (Å²) in [7, 11) is 1.75. The second kappa shape index (κ2) is 9.91. The summed E-state index contributed by atoms with van der Waals surface area (Å²) in [6, 6.07) is 10.2. The lowest BCUT2D eigenvalue weighted by Gasteiger charge is -2.01. The second-order valence-corrected chi connectivity index (χ2v) is 3.99. The summed E-state index contributed by atoms with van der Waals surface area (Å²) >= 11 is 0. The third kappa shape index (κ3) is 7.58. The molecule has 2 heteroatoms. The molecule has 17 heavy (non-hydrogen) atoms.